The highest BCUT2D eigenvalue weighted by Gasteiger charge is 2.17. The predicted molar refractivity (Wildman–Crippen MR) is 136 cm³/mol. The average Bonchev–Trinajstić information content (AvgIpc) is 3.27. The minimum Gasteiger partial charge on any atom is -0.497 e. The Morgan fingerprint density at radius 2 is 1.88 bits per heavy atom. The van der Waals surface area contributed by atoms with Gasteiger partial charge in [0.1, 0.15) is 5.75 Å². The SMILES string of the molecule is COc1ccc(-n2c(SCC(=O)NN=Cc3cccc(Cl)c3)nnc2-c2ccc(C)cc2)cc1. The quantitative estimate of drug-likeness (QED) is 0.209. The minimum absolute atomic E-state index is 0.120. The fourth-order valence-electron chi connectivity index (χ4n) is 3.15. The van der Waals surface area contributed by atoms with Gasteiger partial charge in [0.25, 0.3) is 5.91 Å². The number of rotatable bonds is 8. The van der Waals surface area contributed by atoms with E-state index in [4.69, 9.17) is 16.3 Å². The number of hydrazone groups is 1. The first kappa shape index (κ1) is 23.5. The van der Waals surface area contributed by atoms with Crippen molar-refractivity contribution in [3.05, 3.63) is 88.9 Å². The molecule has 0 saturated carbocycles. The number of carbonyl (C=O) groups excluding carboxylic acids is 1. The Balaban J connectivity index is 1.52. The molecule has 34 heavy (non-hydrogen) atoms. The van der Waals surface area contributed by atoms with Crippen LogP contribution in [0.3, 0.4) is 0 Å². The minimum atomic E-state index is -0.260. The summed E-state index contributed by atoms with van der Waals surface area (Å²) in [6.45, 7) is 2.03. The van der Waals surface area contributed by atoms with E-state index in [2.05, 4.69) is 20.7 Å². The van der Waals surface area contributed by atoms with E-state index in [-0.39, 0.29) is 11.7 Å². The lowest BCUT2D eigenvalue weighted by Crippen LogP contribution is -2.20. The summed E-state index contributed by atoms with van der Waals surface area (Å²) in [5, 5.41) is 14.0. The number of hydrogen-bond acceptors (Lipinski definition) is 6. The van der Waals surface area contributed by atoms with Crippen molar-refractivity contribution in [3.63, 3.8) is 0 Å². The Bertz CT molecular complexity index is 1300. The summed E-state index contributed by atoms with van der Waals surface area (Å²) in [5.74, 6) is 1.30. The van der Waals surface area contributed by atoms with E-state index in [1.54, 1.807) is 25.5 Å². The molecular weight excluding hydrogens is 470 g/mol. The van der Waals surface area contributed by atoms with Gasteiger partial charge in [0, 0.05) is 16.3 Å². The summed E-state index contributed by atoms with van der Waals surface area (Å²) in [6, 6.07) is 22.9. The summed E-state index contributed by atoms with van der Waals surface area (Å²) < 4.78 is 7.21. The topological polar surface area (TPSA) is 81.4 Å². The predicted octanol–water partition coefficient (Wildman–Crippen LogP) is 5.15. The number of methoxy groups -OCH3 is 1. The van der Waals surface area contributed by atoms with E-state index in [1.165, 1.54) is 11.8 Å². The lowest BCUT2D eigenvalue weighted by atomic mass is 10.1. The standard InChI is InChI=1S/C25H22ClN5O2S/c1-17-6-8-19(9-7-17)24-29-30-25(31(24)21-10-12-22(33-2)13-11-21)34-16-23(32)28-27-15-18-4-3-5-20(26)14-18/h3-15H,16H2,1-2H3,(H,28,32). The maximum Gasteiger partial charge on any atom is 0.250 e. The molecule has 172 valence electrons. The van der Waals surface area contributed by atoms with Crippen molar-refractivity contribution in [2.75, 3.05) is 12.9 Å². The van der Waals surface area contributed by atoms with Crippen LogP contribution < -0.4 is 10.2 Å². The van der Waals surface area contributed by atoms with Gasteiger partial charge in [0.2, 0.25) is 0 Å². The fraction of sp³-hybridized carbons (Fsp3) is 0.120. The van der Waals surface area contributed by atoms with Gasteiger partial charge in [-0.15, -0.1) is 10.2 Å². The van der Waals surface area contributed by atoms with Crippen molar-refractivity contribution in [2.24, 2.45) is 5.10 Å². The van der Waals surface area contributed by atoms with Crippen LogP contribution in [0.5, 0.6) is 5.75 Å². The van der Waals surface area contributed by atoms with Crippen LogP contribution in [0.15, 0.2) is 83.1 Å². The maximum absolute atomic E-state index is 12.4. The zero-order valence-electron chi connectivity index (χ0n) is 18.6. The van der Waals surface area contributed by atoms with E-state index < -0.39 is 0 Å². The number of amides is 1. The highest BCUT2D eigenvalue weighted by atomic mass is 35.5. The Labute approximate surface area is 206 Å². The second-order valence-electron chi connectivity index (χ2n) is 7.34. The molecule has 1 heterocycles. The molecule has 0 saturated heterocycles. The van der Waals surface area contributed by atoms with Crippen molar-refractivity contribution in [1.29, 1.82) is 0 Å². The summed E-state index contributed by atoms with van der Waals surface area (Å²) in [7, 11) is 1.63. The first-order valence-corrected chi connectivity index (χ1v) is 11.8. The van der Waals surface area contributed by atoms with Crippen LogP contribution in [0.4, 0.5) is 0 Å². The number of aromatic nitrogens is 3. The lowest BCUT2D eigenvalue weighted by molar-refractivity contribution is -0.118. The van der Waals surface area contributed by atoms with Crippen LogP contribution >= 0.6 is 23.4 Å². The lowest BCUT2D eigenvalue weighted by Gasteiger charge is -2.11. The summed E-state index contributed by atoms with van der Waals surface area (Å²) >= 11 is 7.24. The molecule has 7 nitrogen and oxygen atoms in total. The van der Waals surface area contributed by atoms with Crippen LogP contribution in [0, 0.1) is 6.92 Å². The fourth-order valence-corrected chi connectivity index (χ4v) is 4.09. The van der Waals surface area contributed by atoms with Gasteiger partial charge >= 0.3 is 0 Å². The number of carbonyl (C=O) groups is 1. The first-order chi connectivity index (χ1) is 16.5. The van der Waals surface area contributed by atoms with Gasteiger partial charge in [-0.05, 0) is 48.9 Å². The normalized spacial score (nSPS) is 11.0. The Kier molecular flexibility index (Phi) is 7.61. The molecule has 0 bridgehead atoms. The van der Waals surface area contributed by atoms with Gasteiger partial charge in [0.05, 0.1) is 19.1 Å². The monoisotopic (exact) mass is 491 g/mol. The van der Waals surface area contributed by atoms with Crippen LogP contribution in [-0.4, -0.2) is 39.7 Å². The number of aryl methyl sites for hydroxylation is 1. The second-order valence-corrected chi connectivity index (χ2v) is 8.72. The maximum atomic E-state index is 12.4. The molecule has 0 atom stereocenters. The summed E-state index contributed by atoms with van der Waals surface area (Å²) in [6.07, 6.45) is 1.55. The molecule has 0 fully saturated rings. The molecule has 3 aromatic carbocycles. The molecule has 0 aliphatic rings. The molecular formula is C25H22ClN5O2S. The molecule has 0 radical (unpaired) electrons. The molecule has 1 aromatic heterocycles. The average molecular weight is 492 g/mol. The van der Waals surface area contributed by atoms with Crippen LogP contribution in [0.1, 0.15) is 11.1 Å². The molecule has 0 unspecified atom stereocenters. The molecule has 0 aliphatic heterocycles. The van der Waals surface area contributed by atoms with Gasteiger partial charge in [0.15, 0.2) is 11.0 Å². The molecule has 1 N–H and O–H groups in total. The van der Waals surface area contributed by atoms with Gasteiger partial charge < -0.3 is 4.74 Å². The zero-order valence-corrected chi connectivity index (χ0v) is 20.2. The molecule has 1 amide bonds. The Morgan fingerprint density at radius 3 is 2.59 bits per heavy atom. The number of hydrogen-bond donors (Lipinski definition) is 1. The molecule has 4 rings (SSSR count). The molecule has 0 aliphatic carbocycles. The van der Waals surface area contributed by atoms with E-state index in [0.29, 0.717) is 16.0 Å². The van der Waals surface area contributed by atoms with Crippen LogP contribution in [0.25, 0.3) is 17.1 Å². The Hall–Kier alpha value is -3.62. The number of thioether (sulfide) groups is 1. The molecule has 0 spiro atoms. The van der Waals surface area contributed by atoms with Crippen molar-refractivity contribution < 1.29 is 9.53 Å². The van der Waals surface area contributed by atoms with Crippen molar-refractivity contribution in [1.82, 2.24) is 20.2 Å². The first-order valence-electron chi connectivity index (χ1n) is 10.4. The van der Waals surface area contributed by atoms with Crippen molar-refractivity contribution >= 4 is 35.5 Å². The van der Waals surface area contributed by atoms with E-state index >= 15 is 0 Å². The third-order valence-electron chi connectivity index (χ3n) is 4.86. The van der Waals surface area contributed by atoms with E-state index in [9.17, 15) is 4.79 Å². The summed E-state index contributed by atoms with van der Waals surface area (Å²) in [4.78, 5) is 12.4. The van der Waals surface area contributed by atoms with Crippen LogP contribution in [-0.2, 0) is 4.79 Å². The third kappa shape index (κ3) is 5.84. The number of nitrogens with zero attached hydrogens (tertiary/aromatic N) is 4. The van der Waals surface area contributed by atoms with Crippen LogP contribution in [0.2, 0.25) is 5.02 Å². The number of benzene rings is 3. The highest BCUT2D eigenvalue weighted by Crippen LogP contribution is 2.29. The third-order valence-corrected chi connectivity index (χ3v) is 6.02. The number of nitrogens with one attached hydrogen (secondary N) is 1. The smallest absolute Gasteiger partial charge is 0.250 e. The van der Waals surface area contributed by atoms with Gasteiger partial charge in [-0.1, -0.05) is 65.3 Å². The van der Waals surface area contributed by atoms with E-state index in [1.807, 2.05) is 72.2 Å². The molecule has 9 heteroatoms. The second kappa shape index (κ2) is 11.0. The Morgan fingerprint density at radius 1 is 1.12 bits per heavy atom. The van der Waals surface area contributed by atoms with Gasteiger partial charge in [-0.3, -0.25) is 9.36 Å². The van der Waals surface area contributed by atoms with Gasteiger partial charge in [-0.25, -0.2) is 5.43 Å². The molecule has 4 aromatic rings. The van der Waals surface area contributed by atoms with Crippen molar-refractivity contribution in [2.45, 2.75) is 12.1 Å². The van der Waals surface area contributed by atoms with Crippen molar-refractivity contribution in [3.8, 4) is 22.8 Å². The highest BCUT2D eigenvalue weighted by molar-refractivity contribution is 7.99. The largest absolute Gasteiger partial charge is 0.497 e. The van der Waals surface area contributed by atoms with E-state index in [0.717, 1.165) is 28.1 Å². The van der Waals surface area contributed by atoms with Gasteiger partial charge in [-0.2, -0.15) is 5.10 Å². The zero-order chi connectivity index (χ0) is 23.9. The number of halogens is 1. The summed E-state index contributed by atoms with van der Waals surface area (Å²) in [5.41, 5.74) is 6.27. The number of ether oxygens (including phenoxy) is 1.